The minimum absolute atomic E-state index is 0.298. The zero-order chi connectivity index (χ0) is 17.5. The molecule has 0 fully saturated rings. The predicted molar refractivity (Wildman–Crippen MR) is 103 cm³/mol. The van der Waals surface area contributed by atoms with Gasteiger partial charge in [-0.05, 0) is 29.8 Å². The van der Waals surface area contributed by atoms with E-state index in [2.05, 4.69) is 46.8 Å². The van der Waals surface area contributed by atoms with E-state index in [0.717, 1.165) is 29.6 Å². The van der Waals surface area contributed by atoms with Gasteiger partial charge in [0.2, 0.25) is 6.79 Å². The summed E-state index contributed by atoms with van der Waals surface area (Å²) < 4.78 is 10.7. The van der Waals surface area contributed by atoms with Gasteiger partial charge in [0, 0.05) is 30.3 Å². The first-order chi connectivity index (χ1) is 12.2. The van der Waals surface area contributed by atoms with E-state index in [9.17, 15) is 0 Å². The second-order valence-electron chi connectivity index (χ2n) is 5.74. The van der Waals surface area contributed by atoms with Gasteiger partial charge in [0.25, 0.3) is 0 Å². The summed E-state index contributed by atoms with van der Waals surface area (Å²) in [6.45, 7) is 4.01. The molecule has 0 saturated heterocycles. The van der Waals surface area contributed by atoms with Crippen molar-refractivity contribution < 1.29 is 9.47 Å². The molecule has 2 aromatic rings. The van der Waals surface area contributed by atoms with E-state index in [4.69, 9.17) is 9.47 Å². The molecule has 1 unspecified atom stereocenters. The number of aliphatic imine (C=N–C) groups is 1. The summed E-state index contributed by atoms with van der Waals surface area (Å²) in [5.74, 6) is 2.39. The molecular formula is C19H23N3O2S. The van der Waals surface area contributed by atoms with Gasteiger partial charge in [0.05, 0.1) is 0 Å². The van der Waals surface area contributed by atoms with Crippen LogP contribution in [0, 0.1) is 0 Å². The molecule has 25 heavy (non-hydrogen) atoms. The van der Waals surface area contributed by atoms with Crippen molar-refractivity contribution in [1.29, 1.82) is 0 Å². The van der Waals surface area contributed by atoms with Crippen LogP contribution < -0.4 is 20.1 Å². The summed E-state index contributed by atoms with van der Waals surface area (Å²) in [6.07, 6.45) is 0. The van der Waals surface area contributed by atoms with E-state index in [1.807, 2.05) is 36.0 Å². The van der Waals surface area contributed by atoms with Gasteiger partial charge in [0.15, 0.2) is 17.5 Å². The molecule has 0 spiro atoms. The molecule has 0 aliphatic carbocycles. The predicted octanol–water partition coefficient (Wildman–Crippen LogP) is 3.26. The monoisotopic (exact) mass is 357 g/mol. The third kappa shape index (κ3) is 5.06. The Morgan fingerprint density at radius 2 is 1.92 bits per heavy atom. The Hall–Kier alpha value is -2.34. The number of ether oxygens (including phenoxy) is 2. The van der Waals surface area contributed by atoms with Crippen molar-refractivity contribution in [2.24, 2.45) is 4.99 Å². The number of nitrogens with zero attached hydrogens (tertiary/aromatic N) is 1. The van der Waals surface area contributed by atoms with E-state index in [1.165, 1.54) is 4.90 Å². The van der Waals surface area contributed by atoms with Gasteiger partial charge in [0.1, 0.15) is 0 Å². The number of thioether (sulfide) groups is 1. The van der Waals surface area contributed by atoms with Crippen LogP contribution in [0.15, 0.2) is 58.4 Å². The SMILES string of the molecule is CN=C(NCc1ccc2c(c1)OCO2)NCC(C)Sc1ccccc1. The lowest BCUT2D eigenvalue weighted by Gasteiger charge is -2.16. The van der Waals surface area contributed by atoms with Crippen LogP contribution in [0.3, 0.4) is 0 Å². The first-order valence-corrected chi connectivity index (χ1v) is 9.17. The number of nitrogens with one attached hydrogen (secondary N) is 2. The van der Waals surface area contributed by atoms with Crippen LogP contribution in [0.2, 0.25) is 0 Å². The van der Waals surface area contributed by atoms with Gasteiger partial charge >= 0.3 is 0 Å². The lowest BCUT2D eigenvalue weighted by Crippen LogP contribution is -2.39. The fraction of sp³-hybridized carbons (Fsp3) is 0.316. The van der Waals surface area contributed by atoms with E-state index in [-0.39, 0.29) is 0 Å². The Bertz CT molecular complexity index is 722. The highest BCUT2D eigenvalue weighted by molar-refractivity contribution is 8.00. The van der Waals surface area contributed by atoms with Crippen molar-refractivity contribution in [2.45, 2.75) is 23.6 Å². The number of benzene rings is 2. The van der Waals surface area contributed by atoms with E-state index >= 15 is 0 Å². The van der Waals surface area contributed by atoms with Crippen molar-refractivity contribution in [2.75, 3.05) is 20.4 Å². The molecule has 1 aliphatic rings. The van der Waals surface area contributed by atoms with Crippen LogP contribution >= 0.6 is 11.8 Å². The molecule has 1 atom stereocenters. The quantitative estimate of drug-likeness (QED) is 0.472. The number of guanidine groups is 1. The van der Waals surface area contributed by atoms with Gasteiger partial charge in [-0.15, -0.1) is 11.8 Å². The summed E-state index contributed by atoms with van der Waals surface area (Å²) in [5.41, 5.74) is 1.12. The first-order valence-electron chi connectivity index (χ1n) is 8.29. The highest BCUT2D eigenvalue weighted by atomic mass is 32.2. The summed E-state index contributed by atoms with van der Waals surface area (Å²) in [6, 6.07) is 16.4. The molecule has 6 heteroatoms. The second kappa shape index (κ2) is 8.67. The normalized spacial score (nSPS) is 14.2. The largest absolute Gasteiger partial charge is 0.454 e. The molecule has 5 nitrogen and oxygen atoms in total. The molecule has 1 heterocycles. The molecule has 0 radical (unpaired) electrons. The van der Waals surface area contributed by atoms with Crippen molar-refractivity contribution in [3.8, 4) is 11.5 Å². The maximum absolute atomic E-state index is 5.41. The van der Waals surface area contributed by atoms with Gasteiger partial charge in [-0.25, -0.2) is 0 Å². The minimum atomic E-state index is 0.298. The molecule has 1 aliphatic heterocycles. The van der Waals surface area contributed by atoms with Crippen molar-refractivity contribution >= 4 is 17.7 Å². The van der Waals surface area contributed by atoms with Crippen LogP contribution in [0.5, 0.6) is 11.5 Å². The Balaban J connectivity index is 1.45. The van der Waals surface area contributed by atoms with Crippen molar-refractivity contribution in [1.82, 2.24) is 10.6 Å². The van der Waals surface area contributed by atoms with Crippen molar-refractivity contribution in [3.63, 3.8) is 0 Å². The van der Waals surface area contributed by atoms with E-state index in [0.29, 0.717) is 18.6 Å². The third-order valence-electron chi connectivity index (χ3n) is 3.76. The molecule has 2 N–H and O–H groups in total. The second-order valence-corrected chi connectivity index (χ2v) is 7.25. The van der Waals surface area contributed by atoms with Crippen LogP contribution in [0.1, 0.15) is 12.5 Å². The standard InChI is InChI=1S/C19H23N3O2S/c1-14(25-16-6-4-3-5-7-16)11-21-19(20-2)22-12-15-8-9-17-18(10-15)24-13-23-17/h3-10,14H,11-13H2,1-2H3,(H2,20,21,22). The number of hydrogen-bond acceptors (Lipinski definition) is 4. The molecule has 0 saturated carbocycles. The molecule has 0 bridgehead atoms. The zero-order valence-electron chi connectivity index (χ0n) is 14.5. The third-order valence-corrected chi connectivity index (χ3v) is 4.87. The lowest BCUT2D eigenvalue weighted by molar-refractivity contribution is 0.174. The van der Waals surface area contributed by atoms with Crippen LogP contribution in [-0.2, 0) is 6.54 Å². The molecule has 132 valence electrons. The average molecular weight is 357 g/mol. The van der Waals surface area contributed by atoms with E-state index < -0.39 is 0 Å². The zero-order valence-corrected chi connectivity index (χ0v) is 15.3. The first kappa shape index (κ1) is 17.5. The number of hydrogen-bond donors (Lipinski definition) is 2. The van der Waals surface area contributed by atoms with Gasteiger partial charge in [-0.3, -0.25) is 4.99 Å². The van der Waals surface area contributed by atoms with E-state index in [1.54, 1.807) is 7.05 Å². The highest BCUT2D eigenvalue weighted by Crippen LogP contribution is 2.32. The molecule has 0 amide bonds. The Morgan fingerprint density at radius 3 is 2.72 bits per heavy atom. The van der Waals surface area contributed by atoms with Gasteiger partial charge in [-0.2, -0.15) is 0 Å². The Labute approximate surface area is 152 Å². The van der Waals surface area contributed by atoms with Crippen LogP contribution in [-0.4, -0.2) is 31.6 Å². The minimum Gasteiger partial charge on any atom is -0.454 e. The van der Waals surface area contributed by atoms with Crippen LogP contribution in [0.4, 0.5) is 0 Å². The smallest absolute Gasteiger partial charge is 0.231 e. The fourth-order valence-corrected chi connectivity index (χ4v) is 3.42. The number of rotatable bonds is 6. The maximum Gasteiger partial charge on any atom is 0.231 e. The summed E-state index contributed by atoms with van der Waals surface area (Å²) in [4.78, 5) is 5.56. The molecule has 0 aromatic heterocycles. The average Bonchev–Trinajstić information content (AvgIpc) is 3.10. The lowest BCUT2D eigenvalue weighted by atomic mass is 10.2. The van der Waals surface area contributed by atoms with Crippen molar-refractivity contribution in [3.05, 3.63) is 54.1 Å². The molecule has 3 rings (SSSR count). The summed E-state index contributed by atoms with van der Waals surface area (Å²) in [5, 5.41) is 7.14. The Kier molecular flexibility index (Phi) is 6.06. The Morgan fingerprint density at radius 1 is 1.12 bits per heavy atom. The maximum atomic E-state index is 5.41. The van der Waals surface area contributed by atoms with Gasteiger partial charge in [-0.1, -0.05) is 31.2 Å². The molecular weight excluding hydrogens is 334 g/mol. The molecule has 2 aromatic carbocycles. The van der Waals surface area contributed by atoms with Crippen LogP contribution in [0.25, 0.3) is 0 Å². The number of fused-ring (bicyclic) bond motifs is 1. The summed E-state index contributed by atoms with van der Waals surface area (Å²) in [7, 11) is 1.78. The topological polar surface area (TPSA) is 54.9 Å². The summed E-state index contributed by atoms with van der Waals surface area (Å²) >= 11 is 1.85. The van der Waals surface area contributed by atoms with Gasteiger partial charge < -0.3 is 20.1 Å². The fourth-order valence-electron chi connectivity index (χ4n) is 2.47. The highest BCUT2D eigenvalue weighted by Gasteiger charge is 2.13.